The Morgan fingerprint density at radius 3 is 1.97 bits per heavy atom. The molecule has 0 N–H and O–H groups in total. The molecular formula is C52H64ClF5N8O10. The van der Waals surface area contributed by atoms with Gasteiger partial charge in [0.25, 0.3) is 0 Å². The monoisotopic (exact) mass is 1090 g/mol. The van der Waals surface area contributed by atoms with Crippen LogP contribution >= 0.6 is 11.6 Å². The molecule has 6 heterocycles. The van der Waals surface area contributed by atoms with Crippen LogP contribution in [-0.4, -0.2) is 116 Å². The Morgan fingerprint density at radius 2 is 1.42 bits per heavy atom. The van der Waals surface area contributed by atoms with Crippen molar-refractivity contribution in [3.63, 3.8) is 0 Å². The first-order chi connectivity index (χ1) is 35.0. The topological polar surface area (TPSA) is 188 Å². The minimum Gasteiger partial charge on any atom is -0.475 e. The molecule has 4 amide bonds. The van der Waals surface area contributed by atoms with Gasteiger partial charge in [0.1, 0.15) is 64.2 Å². The summed E-state index contributed by atoms with van der Waals surface area (Å²) < 4.78 is 115. The van der Waals surface area contributed by atoms with Gasteiger partial charge in [0, 0.05) is 30.3 Å². The summed E-state index contributed by atoms with van der Waals surface area (Å²) in [6.07, 6.45) is -8.62. The second kappa shape index (κ2) is 20.5. The van der Waals surface area contributed by atoms with Gasteiger partial charge in [-0.25, -0.2) is 37.9 Å². The third-order valence-electron chi connectivity index (χ3n) is 12.2. The van der Waals surface area contributed by atoms with Gasteiger partial charge in [0.05, 0.1) is 34.4 Å². The highest BCUT2D eigenvalue weighted by Crippen LogP contribution is 2.51. The molecule has 0 saturated carbocycles. The van der Waals surface area contributed by atoms with Crippen molar-refractivity contribution < 1.29 is 69.6 Å². The average molecular weight is 1090 g/mol. The number of hydrogen-bond acceptors (Lipinski definition) is 16. The number of aryl methyl sites for hydroxylation is 1. The molecule has 2 saturated heterocycles. The molecule has 3 aliphatic rings. The molecule has 2 fully saturated rings. The van der Waals surface area contributed by atoms with Crippen molar-refractivity contribution in [3.8, 4) is 23.1 Å². The van der Waals surface area contributed by atoms with Crippen LogP contribution in [0.4, 0.5) is 58.5 Å². The summed E-state index contributed by atoms with van der Waals surface area (Å²) in [5.74, 6) is -2.26. The number of alkyl halides is 4. The van der Waals surface area contributed by atoms with Crippen molar-refractivity contribution >= 4 is 64.2 Å². The zero-order valence-electron chi connectivity index (χ0n) is 45.0. The number of imide groups is 2. The number of ether oxygens (including phenoxy) is 6. The highest BCUT2D eigenvalue weighted by Gasteiger charge is 2.50. The lowest BCUT2D eigenvalue weighted by Gasteiger charge is -2.33. The molecule has 4 aromatic rings. The van der Waals surface area contributed by atoms with Crippen LogP contribution in [-0.2, 0) is 25.1 Å². The van der Waals surface area contributed by atoms with Crippen molar-refractivity contribution in [2.75, 3.05) is 47.5 Å². The number of carbonyl (C=O) groups is 4. The lowest BCUT2D eigenvalue weighted by molar-refractivity contribution is -0.137. The quantitative estimate of drug-likeness (QED) is 0.120. The van der Waals surface area contributed by atoms with Gasteiger partial charge in [-0.2, -0.15) is 32.9 Å². The van der Waals surface area contributed by atoms with E-state index in [2.05, 4.69) is 15.0 Å². The molecule has 3 aromatic heterocycles. The molecule has 414 valence electrons. The van der Waals surface area contributed by atoms with E-state index in [0.29, 0.717) is 22.8 Å². The number of rotatable bonds is 8. The fraction of sp³-hybridized carbons (Fsp3) is 0.577. The molecular weight excluding hydrogens is 1030 g/mol. The van der Waals surface area contributed by atoms with Gasteiger partial charge in [0.15, 0.2) is 11.6 Å². The number of carbonyl (C=O) groups excluding carboxylic acids is 4. The van der Waals surface area contributed by atoms with E-state index in [-0.39, 0.29) is 55.3 Å². The van der Waals surface area contributed by atoms with Crippen LogP contribution in [0.3, 0.4) is 0 Å². The zero-order valence-corrected chi connectivity index (χ0v) is 45.8. The Kier molecular flexibility index (Phi) is 15.5. The van der Waals surface area contributed by atoms with Crippen LogP contribution in [0.5, 0.6) is 11.9 Å². The smallest absolute Gasteiger partial charge is 0.425 e. The third-order valence-corrected chi connectivity index (χ3v) is 12.6. The van der Waals surface area contributed by atoms with E-state index in [1.54, 1.807) is 65.5 Å². The standard InChI is InChI=1S/C52H64ClF5N8O10/c1-27-23-31(65(43(67)73-47(3,4)5)44(68)74-48(6,7)8)35(53)32(34(27)52(56,57)58)37-36(55)38-33-40(62-42(61-38)72-26-51-18-16-20-63(51)25-29(54)24-51)64(21-22-71-41(33)60-37)28(2)30-17-15-19-59-39(30)66(45(69)75-49(9,10)11)46(70)76-50(12,13)14/h15,17,19,23,28-29H,16,18,20-22,24-26H2,1-14H3/t28-,29-,51+/m1/s1. The Labute approximate surface area is 442 Å². The molecule has 1 aromatic carbocycles. The number of halogens is 6. The lowest BCUT2D eigenvalue weighted by atomic mass is 9.95. The number of nitrogens with zero attached hydrogens (tertiary/aromatic N) is 8. The van der Waals surface area contributed by atoms with Gasteiger partial charge in [-0.3, -0.25) is 4.90 Å². The van der Waals surface area contributed by atoms with E-state index in [9.17, 15) is 19.2 Å². The van der Waals surface area contributed by atoms with Gasteiger partial charge >= 0.3 is 36.6 Å². The maximum absolute atomic E-state index is 18.2. The van der Waals surface area contributed by atoms with Crippen LogP contribution < -0.4 is 24.2 Å². The minimum absolute atomic E-state index is 0.113. The summed E-state index contributed by atoms with van der Waals surface area (Å²) in [5, 5.41) is -1.19. The van der Waals surface area contributed by atoms with Crippen LogP contribution in [0.2, 0.25) is 5.02 Å². The summed E-state index contributed by atoms with van der Waals surface area (Å²) in [4.78, 5) is 78.4. The SMILES string of the molecule is Cc1cc(N(C(=O)OC(C)(C)C)C(=O)OC(C)(C)C)c(Cl)c(-c2nc3c4c(nc(OC[C@@]56CCCN5C[C@H](F)C6)nc4c2F)N([C@H](C)c2cccnc2N(C(=O)OC(C)(C)C)C(=O)OC(C)(C)C)CCO3)c1C(F)(F)F. The second-order valence-corrected chi connectivity index (χ2v) is 23.4. The first-order valence-electron chi connectivity index (χ1n) is 24.7. The van der Waals surface area contributed by atoms with E-state index in [1.807, 2.05) is 4.90 Å². The first kappa shape index (κ1) is 57.3. The Hall–Kier alpha value is -6.36. The molecule has 0 aliphatic carbocycles. The number of aromatic nitrogens is 4. The Morgan fingerprint density at radius 1 is 0.855 bits per heavy atom. The van der Waals surface area contributed by atoms with Crippen LogP contribution in [0.15, 0.2) is 24.4 Å². The lowest BCUT2D eigenvalue weighted by Crippen LogP contribution is -2.45. The zero-order chi connectivity index (χ0) is 56.4. The second-order valence-electron chi connectivity index (χ2n) is 23.0. The number of amides is 4. The van der Waals surface area contributed by atoms with Crippen LogP contribution in [0.25, 0.3) is 22.2 Å². The Balaban J connectivity index is 1.48. The van der Waals surface area contributed by atoms with Crippen molar-refractivity contribution in [1.29, 1.82) is 0 Å². The Bertz CT molecular complexity index is 2880. The van der Waals surface area contributed by atoms with Crippen molar-refractivity contribution in [3.05, 3.63) is 51.9 Å². The van der Waals surface area contributed by atoms with E-state index in [0.717, 1.165) is 19.4 Å². The minimum atomic E-state index is -5.27. The number of pyridine rings is 2. The van der Waals surface area contributed by atoms with Crippen molar-refractivity contribution in [1.82, 2.24) is 24.8 Å². The molecule has 0 bridgehead atoms. The summed E-state index contributed by atoms with van der Waals surface area (Å²) in [6, 6.07) is 2.52. The van der Waals surface area contributed by atoms with Gasteiger partial charge < -0.3 is 33.3 Å². The summed E-state index contributed by atoms with van der Waals surface area (Å²) >= 11 is 6.97. The number of anilines is 3. The summed E-state index contributed by atoms with van der Waals surface area (Å²) in [6.45, 7) is 21.5. The number of hydrogen-bond donors (Lipinski definition) is 0. The largest absolute Gasteiger partial charge is 0.475 e. The van der Waals surface area contributed by atoms with Crippen molar-refractivity contribution in [2.45, 2.75) is 163 Å². The molecule has 76 heavy (non-hydrogen) atoms. The summed E-state index contributed by atoms with van der Waals surface area (Å²) in [7, 11) is 0. The van der Waals surface area contributed by atoms with Gasteiger partial charge in [0.2, 0.25) is 5.88 Å². The first-order valence-corrected chi connectivity index (χ1v) is 25.1. The molecule has 24 heteroatoms. The number of benzene rings is 1. The van der Waals surface area contributed by atoms with Crippen molar-refractivity contribution in [2.24, 2.45) is 0 Å². The van der Waals surface area contributed by atoms with E-state index >= 15 is 22.0 Å². The molecule has 3 aliphatic heterocycles. The third kappa shape index (κ3) is 12.2. The molecule has 7 rings (SSSR count). The van der Waals surface area contributed by atoms with E-state index in [1.165, 1.54) is 47.7 Å². The molecule has 0 radical (unpaired) electrons. The molecule has 0 unspecified atom stereocenters. The molecule has 18 nitrogen and oxygen atoms in total. The normalized spacial score (nSPS) is 18.6. The summed E-state index contributed by atoms with van der Waals surface area (Å²) in [5.41, 5.74) is -10.7. The van der Waals surface area contributed by atoms with Gasteiger partial charge in [-0.15, -0.1) is 0 Å². The molecule has 3 atom stereocenters. The fourth-order valence-corrected chi connectivity index (χ4v) is 9.71. The maximum Gasteiger partial charge on any atom is 0.425 e. The van der Waals surface area contributed by atoms with E-state index in [4.69, 9.17) is 45.0 Å². The van der Waals surface area contributed by atoms with Crippen LogP contribution in [0, 0.1) is 12.7 Å². The maximum atomic E-state index is 18.2. The van der Waals surface area contributed by atoms with Crippen LogP contribution in [0.1, 0.15) is 132 Å². The highest BCUT2D eigenvalue weighted by atomic mass is 35.5. The number of fused-ring (bicyclic) bond motifs is 1. The van der Waals surface area contributed by atoms with Gasteiger partial charge in [-0.1, -0.05) is 17.7 Å². The molecule has 0 spiro atoms. The van der Waals surface area contributed by atoms with E-state index < -0.39 is 127 Å². The predicted octanol–water partition coefficient (Wildman–Crippen LogP) is 12.5. The van der Waals surface area contributed by atoms with Gasteiger partial charge in [-0.05, 0) is 134 Å². The fourth-order valence-electron chi connectivity index (χ4n) is 9.38. The predicted molar refractivity (Wildman–Crippen MR) is 271 cm³/mol. The highest BCUT2D eigenvalue weighted by molar-refractivity contribution is 6.37. The average Bonchev–Trinajstić information content (AvgIpc) is 3.71.